The summed E-state index contributed by atoms with van der Waals surface area (Å²) in [5.41, 5.74) is 3.98. The van der Waals surface area contributed by atoms with E-state index >= 15 is 0 Å². The zero-order valence-electron chi connectivity index (χ0n) is 20.1. The van der Waals surface area contributed by atoms with E-state index in [1.54, 1.807) is 7.11 Å². The molecule has 0 aliphatic carbocycles. The van der Waals surface area contributed by atoms with Crippen LogP contribution in [0.4, 0.5) is 0 Å². The van der Waals surface area contributed by atoms with Crippen molar-refractivity contribution < 1.29 is 14.6 Å². The Labute approximate surface area is 209 Å². The Balaban J connectivity index is 1.43. The van der Waals surface area contributed by atoms with Gasteiger partial charge in [-0.1, -0.05) is 60.2 Å². The molecule has 0 aliphatic heterocycles. The van der Waals surface area contributed by atoms with Gasteiger partial charge in [0, 0.05) is 31.1 Å². The van der Waals surface area contributed by atoms with Gasteiger partial charge in [-0.2, -0.15) is 0 Å². The third kappa shape index (κ3) is 6.84. The van der Waals surface area contributed by atoms with E-state index < -0.39 is 6.10 Å². The maximum atomic E-state index is 13.0. The molecule has 2 N–H and O–H groups in total. The van der Waals surface area contributed by atoms with Crippen molar-refractivity contribution in [3.63, 3.8) is 0 Å². The van der Waals surface area contributed by atoms with E-state index in [0.29, 0.717) is 48.9 Å². The fourth-order valence-electron chi connectivity index (χ4n) is 3.92. The first kappa shape index (κ1) is 25.2. The molecule has 4 aromatic rings. The second kappa shape index (κ2) is 12.2. The van der Waals surface area contributed by atoms with Gasteiger partial charge in [0.15, 0.2) is 0 Å². The van der Waals surface area contributed by atoms with Crippen molar-refractivity contribution in [3.8, 4) is 11.1 Å². The Hall–Kier alpha value is -2.88. The number of H-pyrrole nitrogens is 1. The first-order chi connectivity index (χ1) is 17.0. The number of aromatic nitrogens is 2. The normalized spacial score (nSPS) is 12.5. The second-order valence-electron chi connectivity index (χ2n) is 8.59. The van der Waals surface area contributed by atoms with Crippen molar-refractivity contribution in [2.24, 2.45) is 0 Å². The number of methoxy groups -OCH3 is 1. The lowest BCUT2D eigenvalue weighted by Gasteiger charge is -2.24. The summed E-state index contributed by atoms with van der Waals surface area (Å²) < 4.78 is 10.9. The minimum absolute atomic E-state index is 0.153. The molecule has 0 amide bonds. The Morgan fingerprint density at radius 3 is 2.66 bits per heavy atom. The van der Waals surface area contributed by atoms with E-state index in [0.717, 1.165) is 16.7 Å². The predicted octanol–water partition coefficient (Wildman–Crippen LogP) is 3.99. The summed E-state index contributed by atoms with van der Waals surface area (Å²) in [5.74, 6) is 0.563. The van der Waals surface area contributed by atoms with Crippen molar-refractivity contribution >= 4 is 21.6 Å². The van der Waals surface area contributed by atoms with Crippen LogP contribution in [0.3, 0.4) is 0 Å². The molecule has 2 aromatic heterocycles. The number of nitrogens with zero attached hydrogens (tertiary/aromatic N) is 2. The highest BCUT2D eigenvalue weighted by atomic mass is 32.1. The molecular formula is C27H31N3O4S. The van der Waals surface area contributed by atoms with Crippen molar-refractivity contribution in [1.82, 2.24) is 14.9 Å². The number of fused-ring (bicyclic) bond motifs is 1. The maximum absolute atomic E-state index is 13.0. The van der Waals surface area contributed by atoms with Crippen LogP contribution in [0.15, 0.2) is 64.8 Å². The molecule has 0 saturated heterocycles. The minimum atomic E-state index is -0.680. The standard InChI is InChI=1S/C27H31N3O4S/c1-19-8-10-21(11-9-19)23-18-35-27-25(23)26(32)28-24(29-27)15-30(12-13-33-2)14-22(31)17-34-16-20-6-4-3-5-7-20/h3-11,18,22,31H,12-17H2,1-2H3,(H,28,29,32)/t22-/m1/s1. The van der Waals surface area contributed by atoms with E-state index in [1.807, 2.05) is 71.8 Å². The summed E-state index contributed by atoms with van der Waals surface area (Å²) in [5, 5.41) is 13.1. The molecule has 2 aromatic carbocycles. The van der Waals surface area contributed by atoms with Gasteiger partial charge in [-0.05, 0) is 18.1 Å². The van der Waals surface area contributed by atoms with Crippen LogP contribution in [-0.4, -0.2) is 59.5 Å². The fourth-order valence-corrected chi connectivity index (χ4v) is 4.89. The molecule has 1 atom stereocenters. The molecule has 0 saturated carbocycles. The molecule has 7 nitrogen and oxygen atoms in total. The predicted molar refractivity (Wildman–Crippen MR) is 140 cm³/mol. The largest absolute Gasteiger partial charge is 0.389 e. The summed E-state index contributed by atoms with van der Waals surface area (Å²) in [6, 6.07) is 18.0. The molecule has 4 rings (SSSR count). The monoisotopic (exact) mass is 493 g/mol. The van der Waals surface area contributed by atoms with Gasteiger partial charge in [0.1, 0.15) is 10.7 Å². The number of hydrogen-bond acceptors (Lipinski definition) is 7. The van der Waals surface area contributed by atoms with E-state index in [1.165, 1.54) is 16.9 Å². The summed E-state index contributed by atoms with van der Waals surface area (Å²) >= 11 is 1.47. The zero-order chi connectivity index (χ0) is 24.6. The molecule has 0 fully saturated rings. The molecular weight excluding hydrogens is 462 g/mol. The number of hydrogen-bond donors (Lipinski definition) is 2. The van der Waals surface area contributed by atoms with E-state index in [4.69, 9.17) is 14.5 Å². The van der Waals surface area contributed by atoms with Crippen molar-refractivity contribution in [1.29, 1.82) is 0 Å². The van der Waals surface area contributed by atoms with Crippen LogP contribution in [-0.2, 0) is 22.6 Å². The van der Waals surface area contributed by atoms with Crippen molar-refractivity contribution in [3.05, 3.63) is 87.3 Å². The van der Waals surface area contributed by atoms with Gasteiger partial charge < -0.3 is 19.6 Å². The number of nitrogens with one attached hydrogen (secondary N) is 1. The van der Waals surface area contributed by atoms with E-state index in [9.17, 15) is 9.90 Å². The lowest BCUT2D eigenvalue weighted by atomic mass is 10.1. The van der Waals surface area contributed by atoms with E-state index in [-0.39, 0.29) is 12.2 Å². The highest BCUT2D eigenvalue weighted by Crippen LogP contribution is 2.30. The first-order valence-corrected chi connectivity index (χ1v) is 12.5. The Morgan fingerprint density at radius 2 is 1.91 bits per heavy atom. The zero-order valence-corrected chi connectivity index (χ0v) is 20.9. The van der Waals surface area contributed by atoms with Gasteiger partial charge in [0.2, 0.25) is 0 Å². The molecule has 184 valence electrons. The Morgan fingerprint density at radius 1 is 1.14 bits per heavy atom. The molecule has 8 heteroatoms. The maximum Gasteiger partial charge on any atom is 0.260 e. The summed E-state index contributed by atoms with van der Waals surface area (Å²) in [7, 11) is 1.64. The average molecular weight is 494 g/mol. The van der Waals surface area contributed by atoms with Crippen LogP contribution in [0, 0.1) is 6.92 Å². The van der Waals surface area contributed by atoms with Crippen LogP contribution in [0.5, 0.6) is 0 Å². The average Bonchev–Trinajstić information content (AvgIpc) is 3.28. The summed E-state index contributed by atoms with van der Waals surface area (Å²) in [6.45, 7) is 4.56. The summed E-state index contributed by atoms with van der Waals surface area (Å²) in [6.07, 6.45) is -0.680. The molecule has 35 heavy (non-hydrogen) atoms. The van der Waals surface area contributed by atoms with Gasteiger partial charge >= 0.3 is 0 Å². The number of aliphatic hydroxyl groups is 1. The van der Waals surface area contributed by atoms with Crippen LogP contribution < -0.4 is 5.56 Å². The third-order valence-electron chi connectivity index (χ3n) is 5.73. The van der Waals surface area contributed by atoms with Crippen LogP contribution in [0.2, 0.25) is 0 Å². The van der Waals surface area contributed by atoms with Crippen molar-refractivity contribution in [2.75, 3.05) is 33.4 Å². The van der Waals surface area contributed by atoms with Gasteiger partial charge in [-0.15, -0.1) is 11.3 Å². The third-order valence-corrected chi connectivity index (χ3v) is 6.60. The lowest BCUT2D eigenvalue weighted by molar-refractivity contribution is 0.00437. The number of aliphatic hydroxyl groups excluding tert-OH is 1. The molecule has 0 aliphatic rings. The van der Waals surface area contributed by atoms with Gasteiger partial charge in [-0.25, -0.2) is 4.98 Å². The van der Waals surface area contributed by atoms with Gasteiger partial charge in [-0.3, -0.25) is 9.69 Å². The minimum Gasteiger partial charge on any atom is -0.389 e. The summed E-state index contributed by atoms with van der Waals surface area (Å²) in [4.78, 5) is 23.4. The smallest absolute Gasteiger partial charge is 0.260 e. The first-order valence-electron chi connectivity index (χ1n) is 11.6. The van der Waals surface area contributed by atoms with Gasteiger partial charge in [0.05, 0.1) is 37.9 Å². The molecule has 2 heterocycles. The molecule has 0 spiro atoms. The van der Waals surface area contributed by atoms with E-state index in [2.05, 4.69) is 4.98 Å². The molecule has 0 radical (unpaired) electrons. The highest BCUT2D eigenvalue weighted by molar-refractivity contribution is 7.17. The second-order valence-corrected chi connectivity index (χ2v) is 9.45. The number of aryl methyl sites for hydroxylation is 1. The number of benzene rings is 2. The number of ether oxygens (including phenoxy) is 2. The van der Waals surface area contributed by atoms with Crippen LogP contribution >= 0.6 is 11.3 Å². The quantitative estimate of drug-likeness (QED) is 0.310. The van der Waals surface area contributed by atoms with Crippen LogP contribution in [0.1, 0.15) is 17.0 Å². The van der Waals surface area contributed by atoms with Crippen molar-refractivity contribution in [2.45, 2.75) is 26.2 Å². The Kier molecular flexibility index (Phi) is 8.79. The van der Waals surface area contributed by atoms with Crippen LogP contribution in [0.25, 0.3) is 21.3 Å². The lowest BCUT2D eigenvalue weighted by Crippen LogP contribution is -2.37. The highest BCUT2D eigenvalue weighted by Gasteiger charge is 2.17. The number of rotatable bonds is 12. The Bertz CT molecular complexity index is 1270. The number of aromatic amines is 1. The topological polar surface area (TPSA) is 87.7 Å². The fraction of sp³-hybridized carbons (Fsp3) is 0.333. The SMILES string of the molecule is COCCN(Cc1nc2scc(-c3ccc(C)cc3)c2c(=O)[nH]1)C[C@@H](O)COCc1ccccc1. The molecule has 0 unspecified atom stereocenters. The van der Waals surface area contributed by atoms with Gasteiger partial charge in [0.25, 0.3) is 5.56 Å². The number of thiophene rings is 1. The molecule has 0 bridgehead atoms.